The Hall–Kier alpha value is -0.870. The molecule has 0 spiro atoms. The number of rotatable bonds is 10. The van der Waals surface area contributed by atoms with E-state index < -0.39 is 0 Å². The molecule has 0 saturated heterocycles. The Bertz CT molecular complexity index is 338. The molecule has 0 bridgehead atoms. The van der Waals surface area contributed by atoms with Crippen molar-refractivity contribution in [3.8, 4) is 0 Å². The Morgan fingerprint density at radius 3 is 2.79 bits per heavy atom. The molecule has 0 fully saturated rings. The number of esters is 1. The first-order valence-electron chi connectivity index (χ1n) is 7.11. The lowest BCUT2D eigenvalue weighted by Crippen LogP contribution is -2.24. The summed E-state index contributed by atoms with van der Waals surface area (Å²) in [6.45, 7) is 3.19. The van der Waals surface area contributed by atoms with E-state index in [0.29, 0.717) is 6.42 Å². The summed E-state index contributed by atoms with van der Waals surface area (Å²) in [7, 11) is 1.44. The maximum Gasteiger partial charge on any atom is 0.307 e. The Morgan fingerprint density at radius 1 is 1.37 bits per heavy atom. The van der Waals surface area contributed by atoms with Crippen LogP contribution in [0.5, 0.6) is 0 Å². The van der Waals surface area contributed by atoms with E-state index in [-0.39, 0.29) is 12.0 Å². The number of carbonyl (C=O) groups is 1. The molecule has 3 nitrogen and oxygen atoms in total. The molecule has 108 valence electrons. The first kappa shape index (κ1) is 16.2. The van der Waals surface area contributed by atoms with E-state index in [1.807, 2.05) is 11.4 Å². The van der Waals surface area contributed by atoms with Gasteiger partial charge in [0.25, 0.3) is 0 Å². The summed E-state index contributed by atoms with van der Waals surface area (Å²) in [6.07, 6.45) is 6.73. The van der Waals surface area contributed by atoms with Gasteiger partial charge in [-0.3, -0.25) is 4.79 Å². The predicted molar refractivity (Wildman–Crippen MR) is 80.5 cm³/mol. The fourth-order valence-corrected chi connectivity index (χ4v) is 2.82. The zero-order chi connectivity index (χ0) is 13.9. The van der Waals surface area contributed by atoms with E-state index >= 15 is 0 Å². The average Bonchev–Trinajstić information content (AvgIpc) is 2.95. The van der Waals surface area contributed by atoms with Crippen molar-refractivity contribution in [2.75, 3.05) is 13.7 Å². The number of nitrogens with one attached hydrogen (secondary N) is 1. The molecule has 1 heterocycles. The van der Waals surface area contributed by atoms with Gasteiger partial charge in [-0.15, -0.1) is 11.3 Å². The minimum Gasteiger partial charge on any atom is -0.469 e. The van der Waals surface area contributed by atoms with Gasteiger partial charge in [-0.25, -0.2) is 0 Å². The monoisotopic (exact) mass is 283 g/mol. The lowest BCUT2D eigenvalue weighted by molar-refractivity contribution is -0.141. The second-order valence-electron chi connectivity index (χ2n) is 4.72. The van der Waals surface area contributed by atoms with Crippen molar-refractivity contribution in [3.63, 3.8) is 0 Å². The number of unbranched alkanes of at least 4 members (excludes halogenated alkanes) is 4. The van der Waals surface area contributed by atoms with Crippen LogP contribution in [0.15, 0.2) is 17.5 Å². The van der Waals surface area contributed by atoms with Gasteiger partial charge < -0.3 is 10.1 Å². The zero-order valence-electron chi connectivity index (χ0n) is 12.0. The standard InChI is InChI=1S/C15H25NO2S/c1-3-4-5-6-7-10-16-13(12-15(17)18-2)14-9-8-11-19-14/h8-9,11,13,16H,3-7,10,12H2,1-2H3. The van der Waals surface area contributed by atoms with Crippen LogP contribution in [-0.2, 0) is 9.53 Å². The minimum atomic E-state index is -0.156. The summed E-state index contributed by atoms with van der Waals surface area (Å²) in [6, 6.07) is 4.19. The molecule has 1 unspecified atom stereocenters. The number of ether oxygens (including phenoxy) is 1. The molecule has 0 aliphatic heterocycles. The lowest BCUT2D eigenvalue weighted by Gasteiger charge is -2.16. The first-order chi connectivity index (χ1) is 9.27. The van der Waals surface area contributed by atoms with Gasteiger partial charge in [0.2, 0.25) is 0 Å². The molecule has 1 N–H and O–H groups in total. The Labute approximate surface area is 120 Å². The van der Waals surface area contributed by atoms with Crippen LogP contribution in [0.3, 0.4) is 0 Å². The SMILES string of the molecule is CCCCCCCNC(CC(=O)OC)c1cccs1. The van der Waals surface area contributed by atoms with Crippen molar-refractivity contribution in [3.05, 3.63) is 22.4 Å². The third-order valence-corrected chi connectivity index (χ3v) is 4.14. The van der Waals surface area contributed by atoms with Crippen molar-refractivity contribution >= 4 is 17.3 Å². The fourth-order valence-electron chi connectivity index (χ4n) is 2.02. The predicted octanol–water partition coefficient (Wildman–Crippen LogP) is 3.91. The summed E-state index contributed by atoms with van der Waals surface area (Å²) >= 11 is 1.69. The molecular weight excluding hydrogens is 258 g/mol. The number of thiophene rings is 1. The van der Waals surface area contributed by atoms with Crippen LogP contribution in [0.25, 0.3) is 0 Å². The first-order valence-corrected chi connectivity index (χ1v) is 7.99. The molecule has 1 rings (SSSR count). The van der Waals surface area contributed by atoms with Gasteiger partial charge in [0.15, 0.2) is 0 Å². The summed E-state index contributed by atoms with van der Waals surface area (Å²) in [4.78, 5) is 12.6. The second kappa shape index (κ2) is 9.98. The van der Waals surface area contributed by atoms with E-state index in [1.165, 1.54) is 44.1 Å². The van der Waals surface area contributed by atoms with Crippen molar-refractivity contribution in [2.24, 2.45) is 0 Å². The van der Waals surface area contributed by atoms with Crippen molar-refractivity contribution < 1.29 is 9.53 Å². The average molecular weight is 283 g/mol. The van der Waals surface area contributed by atoms with E-state index in [1.54, 1.807) is 11.3 Å². The third-order valence-electron chi connectivity index (χ3n) is 3.16. The maximum absolute atomic E-state index is 11.4. The smallest absolute Gasteiger partial charge is 0.307 e. The van der Waals surface area contributed by atoms with Gasteiger partial charge in [-0.1, -0.05) is 38.7 Å². The topological polar surface area (TPSA) is 38.3 Å². The molecule has 19 heavy (non-hydrogen) atoms. The molecule has 4 heteroatoms. The highest BCUT2D eigenvalue weighted by atomic mass is 32.1. The van der Waals surface area contributed by atoms with E-state index in [9.17, 15) is 4.79 Å². The highest BCUT2D eigenvalue weighted by molar-refractivity contribution is 7.10. The molecule has 1 aromatic rings. The molecule has 1 atom stereocenters. The van der Waals surface area contributed by atoms with Gasteiger partial charge in [-0.05, 0) is 24.4 Å². The van der Waals surface area contributed by atoms with Gasteiger partial charge in [0.05, 0.1) is 19.6 Å². The fraction of sp³-hybridized carbons (Fsp3) is 0.667. The number of hydrogen-bond acceptors (Lipinski definition) is 4. The minimum absolute atomic E-state index is 0.0959. The quantitative estimate of drug-likeness (QED) is 0.522. The Morgan fingerprint density at radius 2 is 2.16 bits per heavy atom. The molecular formula is C15H25NO2S. The van der Waals surface area contributed by atoms with Crippen LogP contribution in [0, 0.1) is 0 Å². The van der Waals surface area contributed by atoms with Gasteiger partial charge in [0, 0.05) is 4.88 Å². The van der Waals surface area contributed by atoms with Crippen molar-refractivity contribution in [1.82, 2.24) is 5.32 Å². The summed E-state index contributed by atoms with van der Waals surface area (Å²) in [5.74, 6) is -0.156. The van der Waals surface area contributed by atoms with Crippen LogP contribution < -0.4 is 5.32 Å². The molecule has 0 aliphatic carbocycles. The van der Waals surface area contributed by atoms with E-state index in [0.717, 1.165) is 6.54 Å². The molecule has 0 radical (unpaired) electrons. The van der Waals surface area contributed by atoms with Crippen LogP contribution >= 0.6 is 11.3 Å². The summed E-state index contributed by atoms with van der Waals surface area (Å²) in [5.41, 5.74) is 0. The van der Waals surface area contributed by atoms with Crippen molar-refractivity contribution in [1.29, 1.82) is 0 Å². The summed E-state index contributed by atoms with van der Waals surface area (Å²) < 4.78 is 4.76. The molecule has 0 aromatic carbocycles. The molecule has 0 aliphatic rings. The van der Waals surface area contributed by atoms with Crippen molar-refractivity contribution in [2.45, 2.75) is 51.5 Å². The van der Waals surface area contributed by atoms with Crippen LogP contribution in [0.2, 0.25) is 0 Å². The Kier molecular flexibility index (Phi) is 8.50. The van der Waals surface area contributed by atoms with Crippen LogP contribution in [0.4, 0.5) is 0 Å². The van der Waals surface area contributed by atoms with Gasteiger partial charge in [0.1, 0.15) is 0 Å². The lowest BCUT2D eigenvalue weighted by atomic mass is 10.1. The molecule has 0 saturated carbocycles. The van der Waals surface area contributed by atoms with Crippen LogP contribution in [0.1, 0.15) is 56.4 Å². The second-order valence-corrected chi connectivity index (χ2v) is 5.70. The highest BCUT2D eigenvalue weighted by Crippen LogP contribution is 2.22. The third kappa shape index (κ3) is 6.73. The normalized spacial score (nSPS) is 12.3. The van der Waals surface area contributed by atoms with E-state index in [4.69, 9.17) is 4.74 Å². The molecule has 0 amide bonds. The molecule has 1 aromatic heterocycles. The highest BCUT2D eigenvalue weighted by Gasteiger charge is 2.16. The van der Waals surface area contributed by atoms with Crippen LogP contribution in [-0.4, -0.2) is 19.6 Å². The maximum atomic E-state index is 11.4. The summed E-state index contributed by atoms with van der Waals surface area (Å²) in [5, 5.41) is 5.52. The number of methoxy groups -OCH3 is 1. The largest absolute Gasteiger partial charge is 0.469 e. The van der Waals surface area contributed by atoms with E-state index in [2.05, 4.69) is 18.3 Å². The number of carbonyl (C=O) groups excluding carboxylic acids is 1. The van der Waals surface area contributed by atoms with Gasteiger partial charge in [-0.2, -0.15) is 0 Å². The number of hydrogen-bond donors (Lipinski definition) is 1. The zero-order valence-corrected chi connectivity index (χ0v) is 12.8. The Balaban J connectivity index is 2.32. The van der Waals surface area contributed by atoms with Gasteiger partial charge >= 0.3 is 5.97 Å².